The quantitative estimate of drug-likeness (QED) is 0.283. The minimum atomic E-state index is -0.632. The third-order valence-electron chi connectivity index (χ3n) is 6.62. The average molecular weight is 512 g/mol. The Labute approximate surface area is 220 Å². The third-order valence-corrected chi connectivity index (χ3v) is 6.62. The summed E-state index contributed by atoms with van der Waals surface area (Å²) in [6, 6.07) is 20.8. The van der Waals surface area contributed by atoms with Gasteiger partial charge in [0, 0.05) is 48.2 Å². The molecule has 2 aromatic heterocycles. The second kappa shape index (κ2) is 11.0. The highest BCUT2D eigenvalue weighted by atomic mass is 16.5. The third kappa shape index (κ3) is 5.44. The van der Waals surface area contributed by atoms with Crippen LogP contribution in [0.25, 0.3) is 11.3 Å². The lowest BCUT2D eigenvalue weighted by atomic mass is 9.91. The Morgan fingerprint density at radius 2 is 1.87 bits per heavy atom. The van der Waals surface area contributed by atoms with E-state index in [1.54, 1.807) is 42.6 Å². The molecule has 0 spiro atoms. The van der Waals surface area contributed by atoms with Crippen molar-refractivity contribution in [2.45, 2.75) is 18.8 Å². The maximum absolute atomic E-state index is 13.0. The zero-order valence-corrected chi connectivity index (χ0v) is 21.0. The van der Waals surface area contributed by atoms with Crippen LogP contribution in [-0.2, 0) is 0 Å². The maximum atomic E-state index is 13.0. The fourth-order valence-corrected chi connectivity index (χ4v) is 4.70. The predicted molar refractivity (Wildman–Crippen MR) is 146 cm³/mol. The first kappa shape index (κ1) is 24.8. The molecule has 4 aromatic rings. The largest absolute Gasteiger partial charge is 0.481 e. The molecule has 0 saturated carbocycles. The number of nitrogens with zero attached hydrogens (tertiary/aromatic N) is 3. The number of carbonyl (C=O) groups is 2. The zero-order valence-electron chi connectivity index (χ0n) is 21.0. The molecule has 1 saturated heterocycles. The van der Waals surface area contributed by atoms with Crippen molar-refractivity contribution < 1.29 is 14.3 Å². The number of anilines is 3. The standard InChI is InChI=1S/C28H29N7O3/c1-38-23-16-22(13-14-30-23)31-27-24(26(29)36)25(33-34-27)19-9-11-21(12-10-19)32-28(37)35-15-5-8-20(17-35)18-6-3-2-4-7-18/h2-4,6-7,9-14,16,20H,5,8,15,17H2,1H3,(H2,29,36)(H,32,37)(H2,30,31,33,34). The molecule has 0 bridgehead atoms. The van der Waals surface area contributed by atoms with Crippen LogP contribution < -0.4 is 21.1 Å². The van der Waals surface area contributed by atoms with E-state index in [9.17, 15) is 9.59 Å². The van der Waals surface area contributed by atoms with Crippen LogP contribution in [0, 0.1) is 0 Å². The Hall–Kier alpha value is -4.86. The summed E-state index contributed by atoms with van der Waals surface area (Å²) in [6.45, 7) is 1.41. The SMILES string of the molecule is COc1cc(Nc2[nH]nc(-c3ccc(NC(=O)N4CCCC(c5ccccc5)C4)cc3)c2C(N)=O)ccn1. The maximum Gasteiger partial charge on any atom is 0.321 e. The van der Waals surface area contributed by atoms with Gasteiger partial charge in [-0.1, -0.05) is 42.5 Å². The monoisotopic (exact) mass is 511 g/mol. The van der Waals surface area contributed by atoms with Gasteiger partial charge in [-0.3, -0.25) is 9.89 Å². The Bertz CT molecular complexity index is 1420. The van der Waals surface area contributed by atoms with Crippen molar-refractivity contribution >= 4 is 29.1 Å². The Balaban J connectivity index is 1.28. The van der Waals surface area contributed by atoms with Crippen molar-refractivity contribution in [2.24, 2.45) is 5.73 Å². The number of primary amides is 1. The van der Waals surface area contributed by atoms with E-state index in [4.69, 9.17) is 10.5 Å². The molecule has 1 aliphatic heterocycles. The van der Waals surface area contributed by atoms with Gasteiger partial charge in [0.05, 0.1) is 7.11 Å². The van der Waals surface area contributed by atoms with Gasteiger partial charge in [0.2, 0.25) is 5.88 Å². The summed E-state index contributed by atoms with van der Waals surface area (Å²) in [6.07, 6.45) is 3.62. The minimum Gasteiger partial charge on any atom is -0.481 e. The molecule has 1 unspecified atom stereocenters. The molecule has 0 radical (unpaired) electrons. The Morgan fingerprint density at radius 3 is 2.61 bits per heavy atom. The summed E-state index contributed by atoms with van der Waals surface area (Å²) in [4.78, 5) is 31.2. The first-order chi connectivity index (χ1) is 18.5. The zero-order chi connectivity index (χ0) is 26.5. The number of aromatic amines is 1. The molecule has 3 amide bonds. The van der Waals surface area contributed by atoms with Gasteiger partial charge in [0.15, 0.2) is 0 Å². The van der Waals surface area contributed by atoms with Gasteiger partial charge in [0.25, 0.3) is 5.91 Å². The van der Waals surface area contributed by atoms with Crippen molar-refractivity contribution in [2.75, 3.05) is 30.8 Å². The first-order valence-corrected chi connectivity index (χ1v) is 12.4. The van der Waals surface area contributed by atoms with Crippen LogP contribution in [-0.4, -0.2) is 52.2 Å². The molecule has 5 N–H and O–H groups in total. The first-order valence-electron chi connectivity index (χ1n) is 12.4. The van der Waals surface area contributed by atoms with E-state index in [-0.39, 0.29) is 11.6 Å². The van der Waals surface area contributed by atoms with Gasteiger partial charge in [-0.25, -0.2) is 9.78 Å². The van der Waals surface area contributed by atoms with Crippen molar-refractivity contribution in [3.8, 4) is 17.1 Å². The fraction of sp³-hybridized carbons (Fsp3) is 0.214. The van der Waals surface area contributed by atoms with Crippen molar-refractivity contribution in [3.63, 3.8) is 0 Å². The van der Waals surface area contributed by atoms with E-state index in [1.165, 1.54) is 12.7 Å². The number of pyridine rings is 1. The summed E-state index contributed by atoms with van der Waals surface area (Å²) in [5.74, 6) is 0.484. The number of hydrogen-bond acceptors (Lipinski definition) is 6. The van der Waals surface area contributed by atoms with Crippen LogP contribution >= 0.6 is 0 Å². The normalized spacial score (nSPS) is 15.1. The van der Waals surface area contributed by atoms with Crippen LogP contribution in [0.3, 0.4) is 0 Å². The minimum absolute atomic E-state index is 0.129. The molecular formula is C28H29N7O3. The highest BCUT2D eigenvalue weighted by molar-refractivity contribution is 6.04. The van der Waals surface area contributed by atoms with Gasteiger partial charge in [-0.2, -0.15) is 5.10 Å². The lowest BCUT2D eigenvalue weighted by Crippen LogP contribution is -2.41. The molecule has 2 aromatic carbocycles. The second-order valence-electron chi connectivity index (χ2n) is 9.10. The number of carbonyl (C=O) groups excluding carboxylic acids is 2. The van der Waals surface area contributed by atoms with Crippen LogP contribution in [0.15, 0.2) is 72.9 Å². The topological polar surface area (TPSA) is 138 Å². The molecular weight excluding hydrogens is 482 g/mol. The van der Waals surface area contributed by atoms with E-state index in [0.29, 0.717) is 46.8 Å². The number of benzene rings is 2. The number of hydrogen-bond donors (Lipinski definition) is 4. The van der Waals surface area contributed by atoms with E-state index in [0.717, 1.165) is 19.4 Å². The number of methoxy groups -OCH3 is 1. The molecule has 10 heteroatoms. The summed E-state index contributed by atoms with van der Waals surface area (Å²) in [5.41, 5.74) is 9.56. The lowest BCUT2D eigenvalue weighted by Gasteiger charge is -2.33. The van der Waals surface area contributed by atoms with Crippen LogP contribution in [0.4, 0.5) is 22.0 Å². The smallest absolute Gasteiger partial charge is 0.321 e. The number of ether oxygens (including phenoxy) is 1. The van der Waals surface area contributed by atoms with Gasteiger partial charge >= 0.3 is 6.03 Å². The molecule has 3 heterocycles. The van der Waals surface area contributed by atoms with Gasteiger partial charge in [0.1, 0.15) is 17.1 Å². The summed E-state index contributed by atoms with van der Waals surface area (Å²) < 4.78 is 5.15. The van der Waals surface area contributed by atoms with Gasteiger partial charge in [-0.15, -0.1) is 0 Å². The lowest BCUT2D eigenvalue weighted by molar-refractivity contribution is 0.100. The Kier molecular flexibility index (Phi) is 7.21. The van der Waals surface area contributed by atoms with Crippen molar-refractivity contribution in [1.29, 1.82) is 0 Å². The number of H-pyrrole nitrogens is 1. The van der Waals surface area contributed by atoms with Crippen LogP contribution in [0.2, 0.25) is 0 Å². The summed E-state index contributed by atoms with van der Waals surface area (Å²) in [5, 5.41) is 13.3. The Morgan fingerprint density at radius 1 is 1.08 bits per heavy atom. The highest BCUT2D eigenvalue weighted by Crippen LogP contribution is 2.30. The van der Waals surface area contributed by atoms with Crippen molar-refractivity contribution in [3.05, 3.63) is 84.1 Å². The molecule has 1 atom stereocenters. The number of urea groups is 1. The molecule has 5 rings (SSSR count). The summed E-state index contributed by atoms with van der Waals surface area (Å²) in [7, 11) is 1.52. The van der Waals surface area contributed by atoms with E-state index >= 15 is 0 Å². The molecule has 38 heavy (non-hydrogen) atoms. The molecule has 0 aliphatic carbocycles. The van der Waals surface area contributed by atoms with E-state index < -0.39 is 5.91 Å². The van der Waals surface area contributed by atoms with E-state index in [1.807, 2.05) is 23.1 Å². The highest BCUT2D eigenvalue weighted by Gasteiger charge is 2.25. The molecule has 1 fully saturated rings. The second-order valence-corrected chi connectivity index (χ2v) is 9.10. The number of rotatable bonds is 7. The number of amides is 3. The van der Waals surface area contributed by atoms with Crippen LogP contribution in [0.1, 0.15) is 34.7 Å². The molecule has 1 aliphatic rings. The van der Waals surface area contributed by atoms with E-state index in [2.05, 4.69) is 37.9 Å². The predicted octanol–water partition coefficient (Wildman–Crippen LogP) is 4.73. The van der Waals surface area contributed by atoms with Crippen LogP contribution in [0.5, 0.6) is 5.88 Å². The number of nitrogens with two attached hydrogens (primary N) is 1. The number of piperidine rings is 1. The number of aromatic nitrogens is 3. The number of nitrogens with one attached hydrogen (secondary N) is 3. The van der Waals surface area contributed by atoms with Gasteiger partial charge in [-0.05, 0) is 36.6 Å². The molecule has 10 nitrogen and oxygen atoms in total. The molecule has 194 valence electrons. The average Bonchev–Trinajstić information content (AvgIpc) is 3.38. The number of likely N-dealkylation sites (tertiary alicyclic amines) is 1. The fourth-order valence-electron chi connectivity index (χ4n) is 4.70. The van der Waals surface area contributed by atoms with Crippen molar-refractivity contribution in [1.82, 2.24) is 20.1 Å². The summed E-state index contributed by atoms with van der Waals surface area (Å²) >= 11 is 0. The van der Waals surface area contributed by atoms with Gasteiger partial charge < -0.3 is 26.0 Å².